The van der Waals surface area contributed by atoms with Crippen molar-refractivity contribution in [2.75, 3.05) is 19.0 Å². The van der Waals surface area contributed by atoms with Crippen LogP contribution in [0.4, 0.5) is 5.69 Å². The molecule has 0 aliphatic rings. The summed E-state index contributed by atoms with van der Waals surface area (Å²) in [5.41, 5.74) is 1.18. The molecule has 1 rings (SSSR count). The summed E-state index contributed by atoms with van der Waals surface area (Å²) < 4.78 is 7.08. The third-order valence-electron chi connectivity index (χ3n) is 1.41. The molecule has 0 bridgehead atoms. The number of pyridine rings is 1. The molecule has 0 unspecified atom stereocenters. The summed E-state index contributed by atoms with van der Waals surface area (Å²) in [6.07, 6.45) is 3.85. The van der Waals surface area contributed by atoms with E-state index in [9.17, 15) is 0 Å². The van der Waals surface area contributed by atoms with E-state index in [1.807, 2.05) is 38.6 Å². The Morgan fingerprint density at radius 2 is 2.00 bits per heavy atom. The molecule has 68 valence electrons. The minimum atomic E-state index is -0.178. The summed E-state index contributed by atoms with van der Waals surface area (Å²) in [4.78, 5) is 2.06. The van der Waals surface area contributed by atoms with Crippen molar-refractivity contribution < 1.29 is 25.5 Å². The van der Waals surface area contributed by atoms with Crippen LogP contribution >= 0.6 is 18.6 Å². The van der Waals surface area contributed by atoms with Gasteiger partial charge in [0.1, 0.15) is 0 Å². The molecule has 1 aromatic rings. The molecule has 0 saturated carbocycles. The SMILES string of the molecule is CN(C)c1cc[n+](O[I-]I)cc1. The van der Waals surface area contributed by atoms with Crippen LogP contribution in [-0.2, 0) is 0 Å². The third kappa shape index (κ3) is 2.92. The number of nitrogens with zero attached hydrogens (tertiary/aromatic N) is 2. The van der Waals surface area contributed by atoms with Crippen LogP contribution in [0, 0.1) is 0 Å². The Labute approximate surface area is 92.7 Å². The fraction of sp³-hybridized carbons (Fsp3) is 0.286. The zero-order valence-electron chi connectivity index (χ0n) is 6.87. The average molecular weight is 392 g/mol. The molecule has 1 aromatic heterocycles. The van der Waals surface area contributed by atoms with Gasteiger partial charge in [0, 0.05) is 0 Å². The van der Waals surface area contributed by atoms with Gasteiger partial charge in [0.05, 0.1) is 0 Å². The molecular formula is C7H10I2N2O. The fourth-order valence-electron chi connectivity index (χ4n) is 0.779. The van der Waals surface area contributed by atoms with Crippen LogP contribution < -0.4 is 30.4 Å². The van der Waals surface area contributed by atoms with Gasteiger partial charge >= 0.3 is 93.4 Å². The maximum absolute atomic E-state index is 5.34. The Hall–Kier alpha value is 0.210. The Morgan fingerprint density at radius 3 is 2.42 bits per heavy atom. The van der Waals surface area contributed by atoms with Crippen molar-refractivity contribution in [3.8, 4) is 0 Å². The second kappa shape index (κ2) is 5.05. The molecule has 0 radical (unpaired) electrons. The van der Waals surface area contributed by atoms with Crippen LogP contribution in [0.5, 0.6) is 0 Å². The molecule has 0 aliphatic carbocycles. The van der Waals surface area contributed by atoms with E-state index in [0.29, 0.717) is 0 Å². The van der Waals surface area contributed by atoms with Gasteiger partial charge in [-0.2, -0.15) is 0 Å². The van der Waals surface area contributed by atoms with Crippen LogP contribution in [0.1, 0.15) is 0 Å². The molecule has 5 heteroatoms. The number of anilines is 1. The molecule has 3 nitrogen and oxygen atoms in total. The normalized spacial score (nSPS) is 9.92. The van der Waals surface area contributed by atoms with Crippen molar-refractivity contribution in [2.24, 2.45) is 0 Å². The second-order valence-electron chi connectivity index (χ2n) is 2.44. The van der Waals surface area contributed by atoms with Gasteiger partial charge in [0.2, 0.25) is 0 Å². The van der Waals surface area contributed by atoms with Crippen LogP contribution in [0.3, 0.4) is 0 Å². The first-order chi connectivity index (χ1) is 5.74. The third-order valence-corrected chi connectivity index (χ3v) is 3.01. The summed E-state index contributed by atoms with van der Waals surface area (Å²) in [7, 11) is 4.04. The van der Waals surface area contributed by atoms with Crippen molar-refractivity contribution in [1.82, 2.24) is 0 Å². The first-order valence-corrected chi connectivity index (χ1v) is 10.5. The van der Waals surface area contributed by atoms with Gasteiger partial charge in [-0.1, -0.05) is 0 Å². The average Bonchev–Trinajstić information content (AvgIpc) is 2.06. The first kappa shape index (κ1) is 10.3. The van der Waals surface area contributed by atoms with E-state index in [1.54, 1.807) is 4.73 Å². The molecule has 0 atom stereocenters. The predicted molar refractivity (Wildman–Crippen MR) is 51.6 cm³/mol. The van der Waals surface area contributed by atoms with Gasteiger partial charge in [-0.15, -0.1) is 0 Å². The number of hydrogen-bond donors (Lipinski definition) is 0. The topological polar surface area (TPSA) is 16.4 Å². The van der Waals surface area contributed by atoms with Crippen LogP contribution in [0.25, 0.3) is 0 Å². The van der Waals surface area contributed by atoms with Crippen molar-refractivity contribution in [1.29, 1.82) is 0 Å². The van der Waals surface area contributed by atoms with E-state index in [4.69, 9.17) is 3.17 Å². The van der Waals surface area contributed by atoms with Crippen molar-refractivity contribution in [2.45, 2.75) is 0 Å². The summed E-state index contributed by atoms with van der Waals surface area (Å²) >= 11 is 2.09. The van der Waals surface area contributed by atoms with Crippen molar-refractivity contribution in [3.63, 3.8) is 0 Å². The van der Waals surface area contributed by atoms with E-state index < -0.39 is 0 Å². The summed E-state index contributed by atoms with van der Waals surface area (Å²) in [6, 6.07) is 4.05. The quantitative estimate of drug-likeness (QED) is 0.430. The van der Waals surface area contributed by atoms with Crippen molar-refractivity contribution >= 4 is 24.3 Å². The molecule has 0 fully saturated rings. The van der Waals surface area contributed by atoms with Crippen LogP contribution in [0.15, 0.2) is 24.5 Å². The Balaban J connectivity index is 2.71. The Morgan fingerprint density at radius 1 is 1.42 bits per heavy atom. The molecule has 0 N–H and O–H groups in total. The van der Waals surface area contributed by atoms with E-state index in [2.05, 4.69) is 23.5 Å². The zero-order chi connectivity index (χ0) is 8.97. The minimum absolute atomic E-state index is 0.178. The standard InChI is InChI=1S/C7H10I2N2O/c1-10(2)7-3-5-11(6-4-7)12-9-8/h3-6H,1-2H3. The van der Waals surface area contributed by atoms with Gasteiger partial charge in [-0.25, -0.2) is 0 Å². The van der Waals surface area contributed by atoms with E-state index in [0.717, 1.165) is 0 Å². The molecule has 0 amide bonds. The predicted octanol–water partition coefficient (Wildman–Crippen LogP) is -2.18. The molecular weight excluding hydrogens is 382 g/mol. The van der Waals surface area contributed by atoms with Gasteiger partial charge in [0.15, 0.2) is 0 Å². The molecule has 0 saturated heterocycles. The monoisotopic (exact) mass is 392 g/mol. The Kier molecular flexibility index (Phi) is 4.33. The van der Waals surface area contributed by atoms with E-state index >= 15 is 0 Å². The maximum atomic E-state index is 5.34. The van der Waals surface area contributed by atoms with E-state index in [-0.39, 0.29) is 17.6 Å². The fourth-order valence-corrected chi connectivity index (χ4v) is 2.37. The number of halogens is 2. The molecule has 0 aliphatic heterocycles. The molecule has 0 aromatic carbocycles. The Bertz CT molecular complexity index is 238. The summed E-state index contributed by atoms with van der Waals surface area (Å²) in [5, 5.41) is 0. The van der Waals surface area contributed by atoms with Crippen LogP contribution in [-0.4, -0.2) is 14.1 Å². The van der Waals surface area contributed by atoms with Crippen LogP contribution in [0.2, 0.25) is 0 Å². The molecule has 1 heterocycles. The number of hydrogen-bond acceptors (Lipinski definition) is 2. The number of rotatable bonds is 3. The summed E-state index contributed by atoms with van der Waals surface area (Å²) in [6.45, 7) is 0. The van der Waals surface area contributed by atoms with Gasteiger partial charge < -0.3 is 0 Å². The zero-order valence-corrected chi connectivity index (χ0v) is 11.2. The first-order valence-electron chi connectivity index (χ1n) is 3.36. The van der Waals surface area contributed by atoms with Gasteiger partial charge in [-0.3, -0.25) is 0 Å². The molecule has 0 spiro atoms. The van der Waals surface area contributed by atoms with Crippen molar-refractivity contribution in [3.05, 3.63) is 24.5 Å². The van der Waals surface area contributed by atoms with E-state index in [1.165, 1.54) is 5.69 Å². The van der Waals surface area contributed by atoms with Gasteiger partial charge in [0.25, 0.3) is 0 Å². The second-order valence-corrected chi connectivity index (χ2v) is 5.40. The number of aromatic nitrogens is 1. The van der Waals surface area contributed by atoms with Gasteiger partial charge in [-0.05, 0) is 0 Å². The molecule has 12 heavy (non-hydrogen) atoms. The summed E-state index contributed by atoms with van der Waals surface area (Å²) in [5.74, 6) is 0.